The number of nitrogens with two attached hydrogens (primary N) is 1. The van der Waals surface area contributed by atoms with Crippen LogP contribution in [0.1, 0.15) is 21.5 Å². The third kappa shape index (κ3) is 1.50. The molecule has 12 heavy (non-hydrogen) atoms. The smallest absolute Gasteiger partial charge is 0.249 e. The molecule has 0 saturated heterocycles. The number of benzene rings is 1. The highest BCUT2D eigenvalue weighted by Crippen LogP contribution is 2.23. The normalized spacial score (nSPS) is 9.92. The molecule has 0 aromatic heterocycles. The second-order valence-corrected chi connectivity index (χ2v) is 3.53. The van der Waals surface area contributed by atoms with Gasteiger partial charge in [-0.2, -0.15) is 0 Å². The van der Waals surface area contributed by atoms with Gasteiger partial charge in [-0.3, -0.25) is 4.79 Å². The molecule has 1 aromatic rings. The monoisotopic (exact) mass is 227 g/mol. The van der Waals surface area contributed by atoms with Gasteiger partial charge in [-0.1, -0.05) is 6.07 Å². The van der Waals surface area contributed by atoms with Crippen LogP contribution in [0, 0.1) is 13.8 Å². The molecular weight excluding hydrogens is 218 g/mol. The summed E-state index contributed by atoms with van der Waals surface area (Å²) in [6, 6.07) is 3.62. The Morgan fingerprint density at radius 1 is 1.42 bits per heavy atom. The van der Waals surface area contributed by atoms with Gasteiger partial charge in [0.1, 0.15) is 0 Å². The van der Waals surface area contributed by atoms with Gasteiger partial charge in [0.15, 0.2) is 0 Å². The predicted molar refractivity (Wildman–Crippen MR) is 52.1 cm³/mol. The first-order valence-electron chi connectivity index (χ1n) is 3.59. The molecule has 0 fully saturated rings. The Labute approximate surface area is 79.9 Å². The van der Waals surface area contributed by atoms with E-state index in [1.54, 1.807) is 6.07 Å². The van der Waals surface area contributed by atoms with Crippen LogP contribution < -0.4 is 5.73 Å². The van der Waals surface area contributed by atoms with Gasteiger partial charge >= 0.3 is 0 Å². The summed E-state index contributed by atoms with van der Waals surface area (Å²) in [6.45, 7) is 3.94. The van der Waals surface area contributed by atoms with Gasteiger partial charge < -0.3 is 5.73 Å². The summed E-state index contributed by atoms with van der Waals surface area (Å²) in [5.41, 5.74) is 7.91. The number of carbonyl (C=O) groups is 1. The van der Waals surface area contributed by atoms with E-state index in [0.717, 1.165) is 15.6 Å². The highest BCUT2D eigenvalue weighted by molar-refractivity contribution is 9.10. The molecule has 2 N–H and O–H groups in total. The molecule has 3 heteroatoms. The average Bonchev–Trinajstić information content (AvgIpc) is 2.00. The Morgan fingerprint density at radius 3 is 2.50 bits per heavy atom. The van der Waals surface area contributed by atoms with Gasteiger partial charge in [0, 0.05) is 4.47 Å². The second kappa shape index (κ2) is 3.27. The number of carbonyl (C=O) groups excluding carboxylic acids is 1. The molecule has 1 rings (SSSR count). The minimum absolute atomic E-state index is 0.398. The summed E-state index contributed by atoms with van der Waals surface area (Å²) in [5, 5.41) is 0. The molecule has 0 saturated carbocycles. The minimum Gasteiger partial charge on any atom is -0.366 e. The van der Waals surface area contributed by atoms with Crippen molar-refractivity contribution in [3.05, 3.63) is 33.3 Å². The van der Waals surface area contributed by atoms with Crippen molar-refractivity contribution < 1.29 is 4.79 Å². The van der Waals surface area contributed by atoms with E-state index in [4.69, 9.17) is 5.73 Å². The van der Waals surface area contributed by atoms with Crippen molar-refractivity contribution in [3.8, 4) is 0 Å². The zero-order valence-corrected chi connectivity index (χ0v) is 8.60. The van der Waals surface area contributed by atoms with Crippen molar-refractivity contribution in [1.82, 2.24) is 0 Å². The first-order valence-corrected chi connectivity index (χ1v) is 4.39. The van der Waals surface area contributed by atoms with Gasteiger partial charge in [0.05, 0.1) is 5.56 Å². The second-order valence-electron chi connectivity index (χ2n) is 2.73. The summed E-state index contributed by atoms with van der Waals surface area (Å²) in [6.07, 6.45) is 0. The van der Waals surface area contributed by atoms with Crippen molar-refractivity contribution in [3.63, 3.8) is 0 Å². The van der Waals surface area contributed by atoms with Crippen LogP contribution in [0.3, 0.4) is 0 Å². The van der Waals surface area contributed by atoms with E-state index in [1.165, 1.54) is 0 Å². The lowest BCUT2D eigenvalue weighted by Gasteiger charge is -2.05. The molecule has 0 aliphatic heterocycles. The third-order valence-corrected chi connectivity index (χ3v) is 2.94. The number of rotatable bonds is 1. The minimum atomic E-state index is -0.398. The molecule has 0 heterocycles. The fourth-order valence-electron chi connectivity index (χ4n) is 0.972. The Hall–Kier alpha value is -0.830. The van der Waals surface area contributed by atoms with Crippen LogP contribution in [0.15, 0.2) is 16.6 Å². The lowest BCUT2D eigenvalue weighted by molar-refractivity contribution is 0.0999. The molecule has 0 atom stereocenters. The molecule has 0 spiro atoms. The summed E-state index contributed by atoms with van der Waals surface area (Å²) in [4.78, 5) is 10.9. The van der Waals surface area contributed by atoms with Crippen LogP contribution in [0.2, 0.25) is 0 Å². The molecule has 0 aliphatic carbocycles. The Bertz CT molecular complexity index is 334. The number of amides is 1. The van der Waals surface area contributed by atoms with Crippen LogP contribution in [-0.2, 0) is 0 Å². The number of aryl methyl sites for hydroxylation is 1. The molecule has 2 nitrogen and oxygen atoms in total. The van der Waals surface area contributed by atoms with Crippen molar-refractivity contribution in [1.29, 1.82) is 0 Å². The van der Waals surface area contributed by atoms with E-state index >= 15 is 0 Å². The quantitative estimate of drug-likeness (QED) is 0.786. The molecular formula is C9H10BrNO. The van der Waals surface area contributed by atoms with E-state index in [1.807, 2.05) is 19.9 Å². The Balaban J connectivity index is 3.36. The van der Waals surface area contributed by atoms with Gasteiger partial charge in [-0.25, -0.2) is 0 Å². The van der Waals surface area contributed by atoms with Gasteiger partial charge in [0.2, 0.25) is 5.91 Å². The fraction of sp³-hybridized carbons (Fsp3) is 0.222. The first-order chi connectivity index (χ1) is 5.54. The lowest BCUT2D eigenvalue weighted by Crippen LogP contribution is -2.12. The highest BCUT2D eigenvalue weighted by Gasteiger charge is 2.08. The van der Waals surface area contributed by atoms with E-state index in [2.05, 4.69) is 15.9 Å². The first kappa shape index (κ1) is 9.26. The standard InChI is InChI=1S/C9H10BrNO/c1-5-3-4-7(9(11)12)8(10)6(5)2/h3-4H,1-2H3,(H2,11,12). The third-order valence-electron chi connectivity index (χ3n) is 1.92. The summed E-state index contributed by atoms with van der Waals surface area (Å²) >= 11 is 3.33. The number of halogens is 1. The summed E-state index contributed by atoms with van der Waals surface area (Å²) in [5.74, 6) is -0.398. The number of primary amides is 1. The van der Waals surface area contributed by atoms with Crippen LogP contribution in [0.25, 0.3) is 0 Å². The largest absolute Gasteiger partial charge is 0.366 e. The van der Waals surface area contributed by atoms with Crippen LogP contribution in [0.5, 0.6) is 0 Å². The number of hydrogen-bond donors (Lipinski definition) is 1. The van der Waals surface area contributed by atoms with E-state index in [9.17, 15) is 4.79 Å². The molecule has 1 amide bonds. The van der Waals surface area contributed by atoms with Crippen molar-refractivity contribution >= 4 is 21.8 Å². The van der Waals surface area contributed by atoms with E-state index < -0.39 is 5.91 Å². The maximum Gasteiger partial charge on any atom is 0.249 e. The van der Waals surface area contributed by atoms with Gasteiger partial charge in [0.25, 0.3) is 0 Å². The molecule has 64 valence electrons. The molecule has 0 bridgehead atoms. The maximum atomic E-state index is 10.9. The average molecular weight is 228 g/mol. The van der Waals surface area contributed by atoms with Gasteiger partial charge in [-0.05, 0) is 47.0 Å². The van der Waals surface area contributed by atoms with Crippen LogP contribution >= 0.6 is 15.9 Å². The van der Waals surface area contributed by atoms with Crippen LogP contribution in [0.4, 0.5) is 0 Å². The zero-order valence-electron chi connectivity index (χ0n) is 7.02. The maximum absolute atomic E-state index is 10.9. The SMILES string of the molecule is Cc1ccc(C(N)=O)c(Br)c1C. The highest BCUT2D eigenvalue weighted by atomic mass is 79.9. The molecule has 1 aromatic carbocycles. The summed E-state index contributed by atoms with van der Waals surface area (Å²) in [7, 11) is 0. The molecule has 0 aliphatic rings. The van der Waals surface area contributed by atoms with Crippen molar-refractivity contribution in [2.24, 2.45) is 5.73 Å². The topological polar surface area (TPSA) is 43.1 Å². The van der Waals surface area contributed by atoms with Crippen molar-refractivity contribution in [2.75, 3.05) is 0 Å². The summed E-state index contributed by atoms with van der Waals surface area (Å²) < 4.78 is 0.801. The molecule has 0 unspecified atom stereocenters. The lowest BCUT2D eigenvalue weighted by atomic mass is 10.1. The zero-order chi connectivity index (χ0) is 9.30. The van der Waals surface area contributed by atoms with Crippen LogP contribution in [-0.4, -0.2) is 5.91 Å². The van der Waals surface area contributed by atoms with Gasteiger partial charge in [-0.15, -0.1) is 0 Å². The molecule has 0 radical (unpaired) electrons. The number of hydrogen-bond acceptors (Lipinski definition) is 1. The van der Waals surface area contributed by atoms with Crippen molar-refractivity contribution in [2.45, 2.75) is 13.8 Å². The van der Waals surface area contributed by atoms with E-state index in [0.29, 0.717) is 5.56 Å². The Kier molecular flexibility index (Phi) is 2.52. The fourth-order valence-corrected chi connectivity index (χ4v) is 1.61. The Morgan fingerprint density at radius 2 is 2.00 bits per heavy atom. The predicted octanol–water partition coefficient (Wildman–Crippen LogP) is 2.16. The van der Waals surface area contributed by atoms with E-state index in [-0.39, 0.29) is 0 Å².